The summed E-state index contributed by atoms with van der Waals surface area (Å²) in [7, 11) is 0. The summed E-state index contributed by atoms with van der Waals surface area (Å²) < 4.78 is 15.9. The molecule has 2 aromatic carbocycles. The highest BCUT2D eigenvalue weighted by Crippen LogP contribution is 2.30. The molecule has 3 aromatic rings. The lowest BCUT2D eigenvalue weighted by Gasteiger charge is -2.15. The Hall–Kier alpha value is -3.61. The van der Waals surface area contributed by atoms with Gasteiger partial charge in [0.25, 0.3) is 0 Å². The minimum atomic E-state index is -0.940. The fourth-order valence-electron chi connectivity index (χ4n) is 3.03. The first-order valence-corrected chi connectivity index (χ1v) is 9.63. The largest absolute Gasteiger partial charge is 0.445 e. The first-order chi connectivity index (χ1) is 14.4. The lowest BCUT2D eigenvalue weighted by atomic mass is 10.0. The number of ether oxygens (including phenoxy) is 2. The molecule has 7 nitrogen and oxygen atoms in total. The van der Waals surface area contributed by atoms with Crippen molar-refractivity contribution in [2.24, 2.45) is 0 Å². The van der Waals surface area contributed by atoms with Gasteiger partial charge in [0, 0.05) is 6.07 Å². The van der Waals surface area contributed by atoms with Crippen LogP contribution in [-0.2, 0) is 22.6 Å². The quantitative estimate of drug-likeness (QED) is 0.377. The van der Waals surface area contributed by atoms with Crippen LogP contribution in [0.4, 0.5) is 4.79 Å². The van der Waals surface area contributed by atoms with Gasteiger partial charge in [-0.3, -0.25) is 0 Å². The van der Waals surface area contributed by atoms with Gasteiger partial charge in [0.1, 0.15) is 24.0 Å². The van der Waals surface area contributed by atoms with Crippen LogP contribution in [0.15, 0.2) is 57.7 Å². The van der Waals surface area contributed by atoms with Crippen molar-refractivity contribution in [3.8, 4) is 5.75 Å². The molecule has 0 bridgehead atoms. The van der Waals surface area contributed by atoms with Crippen LogP contribution < -0.4 is 15.7 Å². The van der Waals surface area contributed by atoms with E-state index in [4.69, 9.17) is 13.9 Å². The van der Waals surface area contributed by atoms with Crippen molar-refractivity contribution < 1.29 is 23.5 Å². The van der Waals surface area contributed by atoms with E-state index in [0.29, 0.717) is 23.0 Å². The van der Waals surface area contributed by atoms with Crippen LogP contribution in [0.5, 0.6) is 5.75 Å². The fourth-order valence-corrected chi connectivity index (χ4v) is 3.03. The maximum absolute atomic E-state index is 12.6. The molecule has 0 aliphatic rings. The zero-order valence-electron chi connectivity index (χ0n) is 17.1. The van der Waals surface area contributed by atoms with E-state index in [1.807, 2.05) is 37.3 Å². The molecule has 0 fully saturated rings. The fraction of sp³-hybridized carbons (Fsp3) is 0.261. The SMILES string of the molecule is CCc1cc(=O)oc2cc(C)cc(OC(=O)[C@@H](C)NC(=O)OCc3ccccc3)c12. The first kappa shape index (κ1) is 21.1. The van der Waals surface area contributed by atoms with Crippen molar-refractivity contribution >= 4 is 23.0 Å². The Kier molecular flexibility index (Phi) is 6.51. The second-order valence-electron chi connectivity index (χ2n) is 6.93. The van der Waals surface area contributed by atoms with Crippen molar-refractivity contribution in [1.29, 1.82) is 0 Å². The monoisotopic (exact) mass is 409 g/mol. The molecule has 0 spiro atoms. The highest BCUT2D eigenvalue weighted by atomic mass is 16.6. The zero-order valence-corrected chi connectivity index (χ0v) is 17.1. The lowest BCUT2D eigenvalue weighted by molar-refractivity contribution is -0.136. The number of benzene rings is 2. The summed E-state index contributed by atoms with van der Waals surface area (Å²) in [4.78, 5) is 36.3. The van der Waals surface area contributed by atoms with Gasteiger partial charge in [0.2, 0.25) is 0 Å². The number of alkyl carbamates (subject to hydrolysis) is 1. The second kappa shape index (κ2) is 9.26. The van der Waals surface area contributed by atoms with E-state index in [2.05, 4.69) is 5.32 Å². The normalized spacial score (nSPS) is 11.7. The standard InChI is InChI=1S/C23H23NO6/c1-4-17-12-20(25)29-18-10-14(2)11-19(21(17)18)30-22(26)15(3)24-23(27)28-13-16-8-6-5-7-9-16/h5-12,15H,4,13H2,1-3H3,(H,24,27)/t15-/m1/s1. The number of aryl methyl sites for hydroxylation is 2. The summed E-state index contributed by atoms with van der Waals surface area (Å²) in [5.41, 5.74) is 2.21. The van der Waals surface area contributed by atoms with E-state index >= 15 is 0 Å². The molecule has 0 radical (unpaired) electrons. The topological polar surface area (TPSA) is 94.8 Å². The van der Waals surface area contributed by atoms with Gasteiger partial charge < -0.3 is 19.2 Å². The number of fused-ring (bicyclic) bond motifs is 1. The van der Waals surface area contributed by atoms with Crippen LogP contribution in [-0.4, -0.2) is 18.1 Å². The molecular formula is C23H23NO6. The molecular weight excluding hydrogens is 386 g/mol. The molecule has 3 rings (SSSR count). The molecule has 0 saturated heterocycles. The summed E-state index contributed by atoms with van der Waals surface area (Å²) in [5, 5.41) is 3.03. The Morgan fingerprint density at radius 2 is 1.87 bits per heavy atom. The number of amides is 1. The summed E-state index contributed by atoms with van der Waals surface area (Å²) in [6, 6.07) is 13.1. The van der Waals surface area contributed by atoms with Gasteiger partial charge >= 0.3 is 17.7 Å². The number of nitrogens with one attached hydrogen (secondary N) is 1. The Balaban J connectivity index is 1.71. The van der Waals surface area contributed by atoms with Gasteiger partial charge in [0.15, 0.2) is 0 Å². The average molecular weight is 409 g/mol. The minimum Gasteiger partial charge on any atom is -0.445 e. The van der Waals surface area contributed by atoms with E-state index in [1.54, 1.807) is 19.1 Å². The highest BCUT2D eigenvalue weighted by Gasteiger charge is 2.21. The third kappa shape index (κ3) is 5.05. The maximum atomic E-state index is 12.6. The summed E-state index contributed by atoms with van der Waals surface area (Å²) in [6.45, 7) is 5.30. The molecule has 0 aliphatic carbocycles. The van der Waals surface area contributed by atoms with Gasteiger partial charge in [-0.25, -0.2) is 14.4 Å². The smallest absolute Gasteiger partial charge is 0.408 e. The second-order valence-corrected chi connectivity index (χ2v) is 6.93. The molecule has 0 saturated carbocycles. The van der Waals surface area contributed by atoms with Gasteiger partial charge in [-0.15, -0.1) is 0 Å². The summed E-state index contributed by atoms with van der Waals surface area (Å²) in [5.74, 6) is -0.381. The molecule has 0 unspecified atom stereocenters. The summed E-state index contributed by atoms with van der Waals surface area (Å²) >= 11 is 0. The molecule has 1 heterocycles. The van der Waals surface area contributed by atoms with Crippen molar-refractivity contribution in [3.05, 3.63) is 75.6 Å². The molecule has 1 aromatic heterocycles. The molecule has 7 heteroatoms. The van der Waals surface area contributed by atoms with Crippen molar-refractivity contribution in [1.82, 2.24) is 5.32 Å². The van der Waals surface area contributed by atoms with Crippen molar-refractivity contribution in [3.63, 3.8) is 0 Å². The summed E-state index contributed by atoms with van der Waals surface area (Å²) in [6.07, 6.45) is -0.160. The predicted molar refractivity (Wildman–Crippen MR) is 111 cm³/mol. The van der Waals surface area contributed by atoms with Crippen LogP contribution in [0.2, 0.25) is 0 Å². The third-order valence-corrected chi connectivity index (χ3v) is 4.53. The number of hydrogen-bond acceptors (Lipinski definition) is 6. The van der Waals surface area contributed by atoms with E-state index in [0.717, 1.165) is 11.1 Å². The zero-order chi connectivity index (χ0) is 21.7. The van der Waals surface area contributed by atoms with Crippen LogP contribution in [0.3, 0.4) is 0 Å². The van der Waals surface area contributed by atoms with E-state index in [9.17, 15) is 14.4 Å². The number of rotatable bonds is 6. The van der Waals surface area contributed by atoms with Crippen molar-refractivity contribution in [2.75, 3.05) is 0 Å². The van der Waals surface area contributed by atoms with Gasteiger partial charge in [-0.2, -0.15) is 0 Å². The Labute approximate surface area is 173 Å². The molecule has 156 valence electrons. The Morgan fingerprint density at radius 1 is 1.13 bits per heavy atom. The highest BCUT2D eigenvalue weighted by molar-refractivity contribution is 5.91. The first-order valence-electron chi connectivity index (χ1n) is 9.63. The molecule has 1 N–H and O–H groups in total. The molecule has 1 amide bonds. The number of esters is 1. The van der Waals surface area contributed by atoms with Gasteiger partial charge in [0.05, 0.1) is 5.39 Å². The molecule has 1 atom stereocenters. The van der Waals surface area contributed by atoms with Crippen LogP contribution >= 0.6 is 0 Å². The molecule has 0 aliphatic heterocycles. The van der Waals surface area contributed by atoms with E-state index in [-0.39, 0.29) is 12.4 Å². The predicted octanol–water partition coefficient (Wildman–Crippen LogP) is 3.88. The lowest BCUT2D eigenvalue weighted by Crippen LogP contribution is -2.41. The van der Waals surface area contributed by atoms with Crippen LogP contribution in [0.25, 0.3) is 11.0 Å². The number of carbonyl (C=O) groups excluding carboxylic acids is 2. The van der Waals surface area contributed by atoms with Gasteiger partial charge in [-0.05, 0) is 49.1 Å². The van der Waals surface area contributed by atoms with Crippen LogP contribution in [0.1, 0.15) is 30.5 Å². The minimum absolute atomic E-state index is 0.0931. The van der Waals surface area contributed by atoms with E-state index in [1.165, 1.54) is 13.0 Å². The molecule has 30 heavy (non-hydrogen) atoms. The van der Waals surface area contributed by atoms with Gasteiger partial charge in [-0.1, -0.05) is 37.3 Å². The van der Waals surface area contributed by atoms with Crippen LogP contribution in [0, 0.1) is 6.92 Å². The van der Waals surface area contributed by atoms with E-state index < -0.39 is 23.7 Å². The third-order valence-electron chi connectivity index (χ3n) is 4.53. The number of hydrogen-bond donors (Lipinski definition) is 1. The Morgan fingerprint density at radius 3 is 2.57 bits per heavy atom. The average Bonchev–Trinajstić information content (AvgIpc) is 2.71. The van der Waals surface area contributed by atoms with Crippen molar-refractivity contribution in [2.45, 2.75) is 39.8 Å². The number of carbonyl (C=O) groups is 2. The maximum Gasteiger partial charge on any atom is 0.408 e. The Bertz CT molecular complexity index is 1120.